The summed E-state index contributed by atoms with van der Waals surface area (Å²) in [4.78, 5) is 56.4. The van der Waals surface area contributed by atoms with Crippen LogP contribution in [0.25, 0.3) is 55.3 Å². The van der Waals surface area contributed by atoms with Crippen molar-refractivity contribution in [3.63, 3.8) is 0 Å². The van der Waals surface area contributed by atoms with Gasteiger partial charge in [-0.05, 0) is 103 Å². The molecule has 446 valence electrons. The Hall–Kier alpha value is -8.27. The van der Waals surface area contributed by atoms with Crippen LogP contribution in [0.3, 0.4) is 0 Å². The molecule has 0 spiro atoms. The van der Waals surface area contributed by atoms with Gasteiger partial charge in [0.2, 0.25) is 11.8 Å². The van der Waals surface area contributed by atoms with Crippen LogP contribution in [0, 0.1) is 24.6 Å². The van der Waals surface area contributed by atoms with Crippen molar-refractivity contribution in [2.75, 3.05) is 63.3 Å². The lowest BCUT2D eigenvalue weighted by atomic mass is 9.88. The molecule has 6 aliphatic rings. The van der Waals surface area contributed by atoms with E-state index in [0.29, 0.717) is 115 Å². The maximum absolute atomic E-state index is 16.3. The standard InChI is InChI=1S/C65H72FN13O7/c1-36(2)60(64(82)76-19-5-6-56(76)63(81)69-26-38-7-10-42(11-8-38)55-15-18-71-78(55)29-40-33-84-34-40)79-31-50(54(32-80)75-79)46-14-9-39(22-52(46)67-4)35-85-61-58(57-37(3)51(66)25-53-49(57)28-70-74-53)47(41-12-13-41)24-48-59(61)72-65(86-45-16-20-83-21-17-45)73-62(48)77-30-43-23-44(77)27-68-43/h7-11,14-15,18,22,24-25,28,31-32,36,40-41,43-45,56,60,67-68H,5-6,12-13,16-17,19-21,23,26-27,29-30,33-35H2,1-4H3,(H,69,81)(H,70,74). The normalized spacial score (nSPS) is 20.1. The molecule has 4 atom stereocenters. The smallest absolute Gasteiger partial charge is 0.319 e. The van der Waals surface area contributed by atoms with Crippen LogP contribution in [0.2, 0.25) is 0 Å². The van der Waals surface area contributed by atoms with Gasteiger partial charge in [0.15, 0.2) is 12.0 Å². The molecule has 5 saturated heterocycles. The number of hydrogen-bond acceptors (Lipinski definition) is 15. The van der Waals surface area contributed by atoms with Crippen molar-refractivity contribution in [3.05, 3.63) is 113 Å². The van der Waals surface area contributed by atoms with Crippen molar-refractivity contribution in [1.29, 1.82) is 0 Å². The van der Waals surface area contributed by atoms with E-state index in [1.54, 1.807) is 22.0 Å². The average molecular weight is 1170 g/mol. The van der Waals surface area contributed by atoms with Crippen LogP contribution in [-0.2, 0) is 38.8 Å². The summed E-state index contributed by atoms with van der Waals surface area (Å²) in [6, 6.07) is 19.1. The van der Waals surface area contributed by atoms with Crippen LogP contribution in [0.4, 0.5) is 15.9 Å². The number of nitrogens with zero attached hydrogens (tertiary/aromatic N) is 9. The van der Waals surface area contributed by atoms with E-state index >= 15 is 4.39 Å². The number of ether oxygens (including phenoxy) is 4. The van der Waals surface area contributed by atoms with E-state index < -0.39 is 12.1 Å². The number of nitrogens with one attached hydrogen (secondary N) is 4. The third kappa shape index (κ3) is 10.5. The highest BCUT2D eigenvalue weighted by molar-refractivity contribution is 6.06. The van der Waals surface area contributed by atoms with Crippen LogP contribution in [-0.4, -0.2) is 140 Å². The monoisotopic (exact) mass is 1170 g/mol. The summed E-state index contributed by atoms with van der Waals surface area (Å²) in [5.74, 6) is 0.929. The van der Waals surface area contributed by atoms with Crippen molar-refractivity contribution in [2.24, 2.45) is 11.8 Å². The molecule has 1 aliphatic carbocycles. The Balaban J connectivity index is 0.753. The van der Waals surface area contributed by atoms with Gasteiger partial charge in [0.25, 0.3) is 0 Å². The molecule has 14 rings (SSSR count). The van der Waals surface area contributed by atoms with Gasteiger partial charge in [-0.3, -0.25) is 28.8 Å². The number of piperazine rings is 1. The van der Waals surface area contributed by atoms with Crippen LogP contribution >= 0.6 is 0 Å². The Kier molecular flexibility index (Phi) is 15.0. The molecule has 6 fully saturated rings. The topological polar surface area (TPSA) is 221 Å². The second-order valence-electron chi connectivity index (χ2n) is 24.5. The van der Waals surface area contributed by atoms with Crippen LogP contribution < -0.4 is 30.3 Å². The molecule has 86 heavy (non-hydrogen) atoms. The molecular weight excluding hydrogens is 1090 g/mol. The highest BCUT2D eigenvalue weighted by Gasteiger charge is 2.42. The number of carbonyl (C=O) groups excluding carboxylic acids is 3. The molecule has 4 unspecified atom stereocenters. The zero-order valence-electron chi connectivity index (χ0n) is 49.0. The number of carbonyl (C=O) groups is 3. The summed E-state index contributed by atoms with van der Waals surface area (Å²) >= 11 is 0. The molecule has 5 aliphatic heterocycles. The van der Waals surface area contributed by atoms with E-state index in [1.165, 1.54) is 6.07 Å². The maximum Gasteiger partial charge on any atom is 0.319 e. The zero-order chi connectivity index (χ0) is 58.7. The van der Waals surface area contributed by atoms with Crippen molar-refractivity contribution < 1.29 is 37.7 Å². The molecule has 4 N–H and O–H groups in total. The first-order valence-corrected chi connectivity index (χ1v) is 30.5. The first-order valence-electron chi connectivity index (χ1n) is 30.5. The fourth-order valence-corrected chi connectivity index (χ4v) is 13.6. The largest absolute Gasteiger partial charge is 0.486 e. The van der Waals surface area contributed by atoms with Gasteiger partial charge in [0.05, 0.1) is 43.8 Å². The molecule has 9 heterocycles. The Morgan fingerprint density at radius 3 is 2.50 bits per heavy atom. The molecule has 2 amide bonds. The number of rotatable bonds is 20. The highest BCUT2D eigenvalue weighted by atomic mass is 19.1. The number of amides is 2. The minimum absolute atomic E-state index is 0.0900. The van der Waals surface area contributed by atoms with Gasteiger partial charge in [0, 0.05) is 122 Å². The molecule has 4 aromatic carbocycles. The molecule has 2 bridgehead atoms. The number of aromatic nitrogens is 8. The van der Waals surface area contributed by atoms with E-state index in [4.69, 9.17) is 34.0 Å². The van der Waals surface area contributed by atoms with Gasteiger partial charge in [-0.15, -0.1) is 0 Å². The van der Waals surface area contributed by atoms with E-state index in [1.807, 2.05) is 87.2 Å². The molecule has 21 heteroatoms. The lowest BCUT2D eigenvalue weighted by molar-refractivity contribution is -0.142. The van der Waals surface area contributed by atoms with Crippen LogP contribution in [0.1, 0.15) is 103 Å². The zero-order valence-corrected chi connectivity index (χ0v) is 49.0. The maximum atomic E-state index is 16.3. The van der Waals surface area contributed by atoms with Crippen molar-refractivity contribution in [3.8, 4) is 45.3 Å². The summed E-state index contributed by atoms with van der Waals surface area (Å²) in [6.07, 6.45) is 11.5. The fourth-order valence-electron chi connectivity index (χ4n) is 13.6. The number of hydrogen-bond donors (Lipinski definition) is 4. The Morgan fingerprint density at radius 2 is 1.77 bits per heavy atom. The lowest BCUT2D eigenvalue weighted by Gasteiger charge is -2.31. The van der Waals surface area contributed by atoms with Gasteiger partial charge in [-0.2, -0.15) is 25.3 Å². The van der Waals surface area contributed by atoms with Crippen molar-refractivity contribution in [2.45, 2.75) is 122 Å². The summed E-state index contributed by atoms with van der Waals surface area (Å²) < 4.78 is 44.9. The van der Waals surface area contributed by atoms with E-state index in [0.717, 1.165) is 102 Å². The van der Waals surface area contributed by atoms with Gasteiger partial charge >= 0.3 is 6.01 Å². The third-order valence-electron chi connectivity index (χ3n) is 18.4. The van der Waals surface area contributed by atoms with Crippen molar-refractivity contribution in [1.82, 2.24) is 55.3 Å². The predicted octanol–water partition coefficient (Wildman–Crippen LogP) is 8.92. The molecule has 20 nitrogen and oxygen atoms in total. The molecule has 8 aromatic rings. The minimum atomic E-state index is -0.802. The van der Waals surface area contributed by atoms with Gasteiger partial charge < -0.3 is 44.7 Å². The minimum Gasteiger partial charge on any atom is -0.486 e. The first kappa shape index (κ1) is 55.6. The fraction of sp³-hybridized carbons (Fsp3) is 0.446. The third-order valence-corrected chi connectivity index (χ3v) is 18.4. The SMILES string of the molecule is CNc1cc(COc2c(-c3c(C)c(F)cc4[nH]ncc34)c(C3CC3)cc3c(N4CC5CC4CN5)nc(OC4CCOCC4)nc23)ccc1-c1cn(C(C(=O)N2CCCC2C(=O)NCc2ccc(-c3ccnn3CC3COC3)cc2)C(C)C)nc1C=O. The Labute approximate surface area is 497 Å². The Morgan fingerprint density at radius 1 is 0.942 bits per heavy atom. The summed E-state index contributed by atoms with van der Waals surface area (Å²) in [6.45, 7) is 11.7. The summed E-state index contributed by atoms with van der Waals surface area (Å²) in [7, 11) is 1.82. The number of fused-ring (bicyclic) bond motifs is 4. The van der Waals surface area contributed by atoms with E-state index in [2.05, 4.69) is 42.2 Å². The molecular formula is C65H72FN13O7. The van der Waals surface area contributed by atoms with Crippen molar-refractivity contribution >= 4 is 51.4 Å². The quantitative estimate of drug-likeness (QED) is 0.0524. The second-order valence-corrected chi connectivity index (χ2v) is 24.5. The predicted molar refractivity (Wildman–Crippen MR) is 323 cm³/mol. The first-order chi connectivity index (χ1) is 42.0. The summed E-state index contributed by atoms with van der Waals surface area (Å²) in [5.41, 5.74) is 10.1. The molecule has 1 saturated carbocycles. The number of H-pyrrole nitrogens is 1. The number of aromatic amines is 1. The van der Waals surface area contributed by atoms with Gasteiger partial charge in [-0.25, -0.2) is 4.39 Å². The van der Waals surface area contributed by atoms with Gasteiger partial charge in [-0.1, -0.05) is 50.2 Å². The number of likely N-dealkylation sites (tertiary alicyclic amines) is 1. The lowest BCUT2D eigenvalue weighted by Crippen LogP contribution is -2.48. The second kappa shape index (κ2) is 23.2. The van der Waals surface area contributed by atoms with E-state index in [9.17, 15) is 14.4 Å². The van der Waals surface area contributed by atoms with Gasteiger partial charge in [0.1, 0.15) is 47.6 Å². The number of aldehydes is 1. The molecule has 0 radical (unpaired) electrons. The average Bonchev–Trinajstić information content (AvgIpc) is 1.41. The highest BCUT2D eigenvalue weighted by Crippen LogP contribution is 2.54. The number of anilines is 2. The van der Waals surface area contributed by atoms with Crippen LogP contribution in [0.5, 0.6) is 11.8 Å². The van der Waals surface area contributed by atoms with E-state index in [-0.39, 0.29) is 59.9 Å². The number of halogens is 1. The van der Waals surface area contributed by atoms with Crippen LogP contribution in [0.15, 0.2) is 79.3 Å². The summed E-state index contributed by atoms with van der Waals surface area (Å²) in [5, 5.41) is 28.5. The molecule has 4 aromatic heterocycles. The number of benzene rings is 4. The Bertz CT molecular complexity index is 3880.